The molecule has 11 heteroatoms. The van der Waals surface area contributed by atoms with Crippen LogP contribution in [0, 0.1) is 5.41 Å². The number of hydrogen-bond acceptors (Lipinski definition) is 9. The van der Waals surface area contributed by atoms with Crippen LogP contribution in [-0.4, -0.2) is 68.5 Å². The van der Waals surface area contributed by atoms with Crippen molar-refractivity contribution in [1.29, 1.82) is 0 Å². The summed E-state index contributed by atoms with van der Waals surface area (Å²) in [5.41, 5.74) is 9.61. The maximum atomic E-state index is 10.1. The summed E-state index contributed by atoms with van der Waals surface area (Å²) in [6.45, 7) is 7.20. The molecule has 33 heavy (non-hydrogen) atoms. The SMILES string of the molecule is CCNc1nccc(-c2[nH]nc3nc(N4CCC5(CC4)CN[C@@H](C)[C@H]5N)c(CO)nc23)c1Cl. The number of aliphatic hydroxyl groups is 1. The maximum Gasteiger partial charge on any atom is 0.202 e. The number of nitrogens with two attached hydrogens (primary N) is 1. The molecule has 2 aliphatic heterocycles. The molecule has 2 fully saturated rings. The number of aliphatic hydroxyl groups excluding tert-OH is 1. The van der Waals surface area contributed by atoms with Gasteiger partial charge in [-0.25, -0.2) is 15.0 Å². The Bertz CT molecular complexity index is 1160. The molecular formula is C22H30ClN9O. The van der Waals surface area contributed by atoms with Crippen LogP contribution in [0.2, 0.25) is 5.02 Å². The lowest BCUT2D eigenvalue weighted by Crippen LogP contribution is -2.51. The fourth-order valence-corrected chi connectivity index (χ4v) is 5.42. The van der Waals surface area contributed by atoms with Crippen LogP contribution in [0.15, 0.2) is 12.3 Å². The van der Waals surface area contributed by atoms with E-state index in [9.17, 15) is 5.11 Å². The first-order chi connectivity index (χ1) is 16.0. The standard InChI is InChI=1S/C22H30ClN9O/c1-3-25-19-15(23)13(4-7-26-19)16-17-20(31-30-16)29-21(14(10-33)28-17)32-8-5-22(6-9-32)11-27-12(2)18(22)24/h4,7,12,18,27,33H,3,5-6,8-11,24H2,1-2H3,(H,25,26)(H,29,30,31)/t12-,18+/m0/s1. The highest BCUT2D eigenvalue weighted by atomic mass is 35.5. The van der Waals surface area contributed by atoms with E-state index in [0.717, 1.165) is 38.0 Å². The van der Waals surface area contributed by atoms with Gasteiger partial charge in [0.05, 0.1) is 17.3 Å². The highest BCUT2D eigenvalue weighted by Crippen LogP contribution is 2.40. The Kier molecular flexibility index (Phi) is 5.86. The number of halogens is 1. The van der Waals surface area contributed by atoms with Crippen molar-refractivity contribution in [2.45, 2.75) is 45.4 Å². The minimum absolute atomic E-state index is 0.120. The lowest BCUT2D eigenvalue weighted by Gasteiger charge is -2.42. The van der Waals surface area contributed by atoms with Crippen LogP contribution in [0.5, 0.6) is 0 Å². The highest BCUT2D eigenvalue weighted by molar-refractivity contribution is 6.35. The Morgan fingerprint density at radius 2 is 2.12 bits per heavy atom. The lowest BCUT2D eigenvalue weighted by molar-refractivity contribution is 0.210. The van der Waals surface area contributed by atoms with Gasteiger partial charge in [0.2, 0.25) is 5.65 Å². The molecule has 0 bridgehead atoms. The van der Waals surface area contributed by atoms with E-state index in [1.165, 1.54) is 0 Å². The topological polar surface area (TPSA) is 141 Å². The van der Waals surface area contributed by atoms with E-state index in [4.69, 9.17) is 27.3 Å². The van der Waals surface area contributed by atoms with Gasteiger partial charge < -0.3 is 26.4 Å². The van der Waals surface area contributed by atoms with E-state index in [1.807, 2.05) is 13.0 Å². The van der Waals surface area contributed by atoms with Crippen molar-refractivity contribution in [3.8, 4) is 11.3 Å². The smallest absolute Gasteiger partial charge is 0.202 e. The summed E-state index contributed by atoms with van der Waals surface area (Å²) in [6.07, 6.45) is 3.64. The molecule has 6 N–H and O–H groups in total. The van der Waals surface area contributed by atoms with E-state index < -0.39 is 0 Å². The van der Waals surface area contributed by atoms with E-state index in [0.29, 0.717) is 51.8 Å². The number of nitrogens with zero attached hydrogens (tertiary/aromatic N) is 5. The molecule has 3 aromatic rings. The van der Waals surface area contributed by atoms with E-state index in [-0.39, 0.29) is 18.1 Å². The summed E-state index contributed by atoms with van der Waals surface area (Å²) in [5.74, 6) is 1.28. The third-order valence-electron chi connectivity index (χ3n) is 7.17. The molecule has 0 unspecified atom stereocenters. The van der Waals surface area contributed by atoms with Crippen molar-refractivity contribution >= 4 is 34.4 Å². The molecular weight excluding hydrogens is 442 g/mol. The van der Waals surface area contributed by atoms with Gasteiger partial charge in [0, 0.05) is 55.4 Å². The summed E-state index contributed by atoms with van der Waals surface area (Å²) in [6, 6.07) is 2.29. The third kappa shape index (κ3) is 3.71. The molecule has 5 rings (SSSR count). The average molecular weight is 472 g/mol. The van der Waals surface area contributed by atoms with Crippen LogP contribution in [-0.2, 0) is 6.61 Å². The summed E-state index contributed by atoms with van der Waals surface area (Å²) in [4.78, 5) is 16.0. The number of pyridine rings is 1. The normalized spacial score (nSPS) is 22.4. The zero-order chi connectivity index (χ0) is 23.2. The number of aromatic nitrogens is 5. The van der Waals surface area contributed by atoms with Crippen LogP contribution in [0.3, 0.4) is 0 Å². The lowest BCUT2D eigenvalue weighted by atomic mass is 9.73. The maximum absolute atomic E-state index is 10.1. The molecule has 5 heterocycles. The Morgan fingerprint density at radius 3 is 2.79 bits per heavy atom. The summed E-state index contributed by atoms with van der Waals surface area (Å²) in [5, 5.41) is 24.7. The Labute approximate surface area is 197 Å². The molecule has 0 amide bonds. The predicted octanol–water partition coefficient (Wildman–Crippen LogP) is 1.90. The van der Waals surface area contributed by atoms with Crippen LogP contribution in [0.25, 0.3) is 22.4 Å². The molecule has 2 aliphatic rings. The molecule has 1 spiro atoms. The van der Waals surface area contributed by atoms with Gasteiger partial charge in [-0.2, -0.15) is 5.10 Å². The second-order valence-electron chi connectivity index (χ2n) is 9.02. The predicted molar refractivity (Wildman–Crippen MR) is 129 cm³/mol. The number of anilines is 2. The first-order valence-corrected chi connectivity index (χ1v) is 11.8. The van der Waals surface area contributed by atoms with Gasteiger partial charge in [0.25, 0.3) is 0 Å². The van der Waals surface area contributed by atoms with E-state index >= 15 is 0 Å². The fourth-order valence-electron chi connectivity index (χ4n) is 5.15. The van der Waals surface area contributed by atoms with Crippen molar-refractivity contribution in [1.82, 2.24) is 30.5 Å². The van der Waals surface area contributed by atoms with Crippen molar-refractivity contribution in [2.24, 2.45) is 11.1 Å². The first-order valence-electron chi connectivity index (χ1n) is 11.5. The highest BCUT2D eigenvalue weighted by Gasteiger charge is 2.46. The van der Waals surface area contributed by atoms with Gasteiger partial charge in [-0.15, -0.1) is 0 Å². The number of piperidine rings is 1. The Hall–Kier alpha value is -2.53. The van der Waals surface area contributed by atoms with Gasteiger partial charge >= 0.3 is 0 Å². The van der Waals surface area contributed by atoms with E-state index in [2.05, 4.69) is 37.6 Å². The first kappa shape index (κ1) is 22.3. The molecule has 2 atom stereocenters. The Balaban J connectivity index is 1.47. The third-order valence-corrected chi connectivity index (χ3v) is 7.55. The number of aromatic amines is 1. The van der Waals surface area contributed by atoms with Crippen LogP contribution < -0.4 is 21.3 Å². The van der Waals surface area contributed by atoms with Crippen molar-refractivity contribution < 1.29 is 5.11 Å². The van der Waals surface area contributed by atoms with Crippen LogP contribution >= 0.6 is 11.6 Å². The van der Waals surface area contributed by atoms with Crippen molar-refractivity contribution in [2.75, 3.05) is 36.4 Å². The largest absolute Gasteiger partial charge is 0.390 e. The molecule has 176 valence electrons. The van der Waals surface area contributed by atoms with Gasteiger partial charge in [-0.05, 0) is 32.8 Å². The monoisotopic (exact) mass is 471 g/mol. The van der Waals surface area contributed by atoms with Gasteiger partial charge in [0.15, 0.2) is 5.82 Å². The number of H-pyrrole nitrogens is 1. The molecule has 3 aromatic heterocycles. The summed E-state index contributed by atoms with van der Waals surface area (Å²) in [7, 11) is 0. The zero-order valence-corrected chi connectivity index (χ0v) is 19.7. The molecule has 0 aliphatic carbocycles. The van der Waals surface area contributed by atoms with Gasteiger partial charge in [0.1, 0.15) is 17.0 Å². The number of nitrogens with one attached hydrogen (secondary N) is 3. The summed E-state index contributed by atoms with van der Waals surface area (Å²) >= 11 is 6.59. The molecule has 2 saturated heterocycles. The quantitative estimate of drug-likeness (QED) is 0.377. The number of hydrogen-bond donors (Lipinski definition) is 5. The minimum Gasteiger partial charge on any atom is -0.390 e. The fraction of sp³-hybridized carbons (Fsp3) is 0.545. The van der Waals surface area contributed by atoms with Crippen molar-refractivity contribution in [3.05, 3.63) is 23.0 Å². The van der Waals surface area contributed by atoms with Crippen molar-refractivity contribution in [3.63, 3.8) is 0 Å². The van der Waals surface area contributed by atoms with Crippen LogP contribution in [0.1, 0.15) is 32.4 Å². The van der Waals surface area contributed by atoms with Gasteiger partial charge in [-0.1, -0.05) is 11.6 Å². The summed E-state index contributed by atoms with van der Waals surface area (Å²) < 4.78 is 0. The second-order valence-corrected chi connectivity index (χ2v) is 9.40. The average Bonchev–Trinajstić information content (AvgIpc) is 3.36. The van der Waals surface area contributed by atoms with Gasteiger partial charge in [-0.3, -0.25) is 5.10 Å². The Morgan fingerprint density at radius 1 is 1.33 bits per heavy atom. The molecule has 0 radical (unpaired) electrons. The number of fused-ring (bicyclic) bond motifs is 1. The second kappa shape index (κ2) is 8.68. The molecule has 10 nitrogen and oxygen atoms in total. The molecule has 0 aromatic carbocycles. The molecule has 0 saturated carbocycles. The van der Waals surface area contributed by atoms with E-state index in [1.54, 1.807) is 6.20 Å². The number of rotatable bonds is 5. The zero-order valence-electron chi connectivity index (χ0n) is 18.9. The van der Waals surface area contributed by atoms with Crippen LogP contribution in [0.4, 0.5) is 11.6 Å². The minimum atomic E-state index is -0.213.